The Morgan fingerprint density at radius 1 is 0.627 bits per heavy atom. The van der Waals surface area contributed by atoms with Crippen molar-refractivity contribution in [2.24, 2.45) is 0 Å². The second kappa shape index (κ2) is 20.3. The number of allylic oxidation sites excluding steroid dienone is 5. The summed E-state index contributed by atoms with van der Waals surface area (Å²) in [4.78, 5) is 16.6. The number of methoxy groups -OCH3 is 2. The molecule has 2 N–H and O–H groups in total. The summed E-state index contributed by atoms with van der Waals surface area (Å²) < 4.78 is 20.5. The molecule has 0 bridgehead atoms. The number of carbonyl (C=O) groups excluding carboxylic acids is 1. The van der Waals surface area contributed by atoms with Crippen LogP contribution in [-0.4, -0.2) is 66.8 Å². The number of unbranched alkanes of at least 4 members (excludes halogenated alkanes) is 6. The Bertz CT molecular complexity index is 2620. The van der Waals surface area contributed by atoms with Crippen LogP contribution in [0, 0.1) is 0 Å². The molecule has 0 spiro atoms. The van der Waals surface area contributed by atoms with Gasteiger partial charge in [0.2, 0.25) is 11.5 Å². The summed E-state index contributed by atoms with van der Waals surface area (Å²) in [5, 5.41) is 21.0. The third-order valence-corrected chi connectivity index (χ3v) is 14.2. The van der Waals surface area contributed by atoms with E-state index in [-0.39, 0.29) is 29.0 Å². The van der Waals surface area contributed by atoms with E-state index in [9.17, 15) is 15.0 Å². The van der Waals surface area contributed by atoms with Crippen molar-refractivity contribution in [3.8, 4) is 11.5 Å². The first-order chi connectivity index (χ1) is 32.5. The molecule has 8 nitrogen and oxygen atoms in total. The van der Waals surface area contributed by atoms with Crippen molar-refractivity contribution in [3.63, 3.8) is 0 Å². The lowest BCUT2D eigenvalue weighted by molar-refractivity contribution is -0.438. The number of Topliss-reactive ketones (excluding diaryl/α,β-unsaturated/α-hetero) is 1. The van der Waals surface area contributed by atoms with Gasteiger partial charge >= 0.3 is 0 Å². The minimum absolute atomic E-state index is 0.0576. The molecule has 3 aliphatic rings. The molecule has 0 saturated carbocycles. The highest BCUT2D eigenvalue weighted by molar-refractivity contribution is 6.24. The molecule has 0 radical (unpaired) electrons. The van der Waals surface area contributed by atoms with E-state index < -0.39 is 5.60 Å². The Morgan fingerprint density at radius 3 is 1.84 bits per heavy atom. The molecule has 0 aromatic heterocycles. The van der Waals surface area contributed by atoms with Gasteiger partial charge in [0.1, 0.15) is 29.4 Å². The van der Waals surface area contributed by atoms with Crippen LogP contribution in [0.2, 0.25) is 0 Å². The van der Waals surface area contributed by atoms with Crippen LogP contribution >= 0.6 is 0 Å². The normalized spacial score (nSPS) is 17.3. The maximum absolute atomic E-state index is 14.2. The van der Waals surface area contributed by atoms with Gasteiger partial charge in [-0.15, -0.1) is 0 Å². The Hall–Kier alpha value is -6.22. The number of fused-ring (bicyclic) bond motifs is 2. The average Bonchev–Trinajstić information content (AvgIpc) is 3.71. The number of rotatable bonds is 21. The molecular weight excluding hydrogens is 833 g/mol. The van der Waals surface area contributed by atoms with E-state index >= 15 is 0 Å². The van der Waals surface area contributed by atoms with Gasteiger partial charge in [-0.1, -0.05) is 124 Å². The molecule has 2 heterocycles. The van der Waals surface area contributed by atoms with E-state index in [0.29, 0.717) is 17.8 Å². The molecule has 0 atom stereocenters. The van der Waals surface area contributed by atoms with Crippen molar-refractivity contribution in [1.82, 2.24) is 0 Å². The first kappa shape index (κ1) is 47.3. The molecule has 2 aliphatic heterocycles. The minimum Gasteiger partial charge on any atom is -0.506 e. The van der Waals surface area contributed by atoms with E-state index in [1.807, 2.05) is 42.5 Å². The van der Waals surface area contributed by atoms with Crippen molar-refractivity contribution >= 4 is 22.9 Å². The Kier molecular flexibility index (Phi) is 14.4. The highest BCUT2D eigenvalue weighted by Gasteiger charge is 2.47. The lowest BCUT2D eigenvalue weighted by atomic mass is 9.77. The van der Waals surface area contributed by atoms with Crippen LogP contribution in [0.1, 0.15) is 107 Å². The van der Waals surface area contributed by atoms with Crippen molar-refractivity contribution in [2.75, 3.05) is 45.4 Å². The van der Waals surface area contributed by atoms with Crippen molar-refractivity contribution in [2.45, 2.75) is 95.5 Å². The van der Waals surface area contributed by atoms with Gasteiger partial charge in [-0.3, -0.25) is 4.79 Å². The highest BCUT2D eigenvalue weighted by Crippen LogP contribution is 2.50. The van der Waals surface area contributed by atoms with Gasteiger partial charge in [-0.05, 0) is 98.2 Å². The predicted octanol–water partition coefficient (Wildman–Crippen LogP) is 12.2. The smallest absolute Gasteiger partial charge is 0.209 e. The zero-order valence-corrected chi connectivity index (χ0v) is 40.2. The van der Waals surface area contributed by atoms with Crippen molar-refractivity contribution in [1.29, 1.82) is 0 Å². The molecule has 8 rings (SSSR count). The van der Waals surface area contributed by atoms with Crippen LogP contribution in [0.3, 0.4) is 0 Å². The molecule has 0 amide bonds. The maximum Gasteiger partial charge on any atom is 0.209 e. The van der Waals surface area contributed by atoms with Crippen LogP contribution in [0.5, 0.6) is 11.5 Å². The number of anilines is 1. The summed E-state index contributed by atoms with van der Waals surface area (Å²) in [7, 11) is 3.36. The monoisotopic (exact) mass is 899 g/mol. The van der Waals surface area contributed by atoms with Crippen LogP contribution in [0.4, 0.5) is 11.4 Å². The van der Waals surface area contributed by atoms with Crippen molar-refractivity contribution < 1.29 is 33.8 Å². The van der Waals surface area contributed by atoms with Gasteiger partial charge in [-0.2, -0.15) is 4.58 Å². The number of ketones is 1. The molecule has 1 aliphatic carbocycles. The number of benzene rings is 5. The molecular formula is C59H67N2O6+. The third kappa shape index (κ3) is 9.14. The summed E-state index contributed by atoms with van der Waals surface area (Å²) in [6, 6.07) is 43.7. The standard InChI is InChI=1S/C59H66N2O6/c1-57(2)49-24-14-16-26-51(49)60(36-18-7-9-20-38-62)53(57)40-47-55(63)48(56(47)64)41-54-58(3,4)50-25-15-17-27-52(50)61(54)37-19-8-10-21-39-67-59(42-22-12-11-13-23-42,43-28-32-45(65-5)33-29-43)44-30-34-46(66-6)35-31-44/h11-17,22-35,40-41,62H,7-10,18-21,36-39H2,1-6H3/p+1. The Labute approximate surface area is 397 Å². The van der Waals surface area contributed by atoms with Gasteiger partial charge in [0.15, 0.2) is 5.71 Å². The largest absolute Gasteiger partial charge is 0.506 e. The molecule has 5 aromatic rings. The van der Waals surface area contributed by atoms with Gasteiger partial charge in [0, 0.05) is 60.7 Å². The fourth-order valence-electron chi connectivity index (χ4n) is 10.4. The number of aliphatic hydroxyl groups excluding tert-OH is 2. The van der Waals surface area contributed by atoms with Crippen LogP contribution in [0.15, 0.2) is 162 Å². The molecule has 8 heteroatoms. The second-order valence-corrected chi connectivity index (χ2v) is 19.1. The fourth-order valence-corrected chi connectivity index (χ4v) is 10.4. The first-order valence-electron chi connectivity index (χ1n) is 24.1. The van der Waals surface area contributed by atoms with E-state index in [1.165, 1.54) is 11.1 Å². The van der Waals surface area contributed by atoms with Gasteiger partial charge in [-0.25, -0.2) is 0 Å². The van der Waals surface area contributed by atoms with E-state index in [0.717, 1.165) is 115 Å². The number of hydrogen-bond acceptors (Lipinski definition) is 7. The molecule has 5 aromatic carbocycles. The van der Waals surface area contributed by atoms with Crippen molar-refractivity contribution in [3.05, 3.63) is 190 Å². The minimum atomic E-state index is -0.851. The number of ether oxygens (including phenoxy) is 3. The number of aliphatic hydroxyl groups is 2. The molecule has 0 unspecified atom stereocenters. The number of carbonyl (C=O) groups is 1. The molecule has 0 fully saturated rings. The lowest BCUT2D eigenvalue weighted by Gasteiger charge is -2.36. The number of hydrogen-bond donors (Lipinski definition) is 2. The topological polar surface area (TPSA) is 91.5 Å². The first-order valence-corrected chi connectivity index (χ1v) is 24.1. The SMILES string of the molecule is COc1ccc(C(OCCCCCCN2/C(=C/C3=C(O)C(=C\C4=[N+](CCCCCCO)c5ccccc5C4(C)C)/C3=O)C(C)(C)c3ccccc32)(c2ccccc2)c2ccc(OC)cc2)cc1. The fraction of sp³-hybridized carbons (Fsp3) is 0.356. The zero-order chi connectivity index (χ0) is 47.2. The molecule has 348 valence electrons. The van der Waals surface area contributed by atoms with E-state index in [4.69, 9.17) is 14.2 Å². The third-order valence-electron chi connectivity index (χ3n) is 14.2. The van der Waals surface area contributed by atoms with Crippen LogP contribution < -0.4 is 14.4 Å². The van der Waals surface area contributed by atoms with E-state index in [2.05, 4.69) is 134 Å². The highest BCUT2D eigenvalue weighted by atomic mass is 16.5. The Morgan fingerprint density at radius 2 is 1.19 bits per heavy atom. The second-order valence-electron chi connectivity index (χ2n) is 19.1. The lowest BCUT2D eigenvalue weighted by Crippen LogP contribution is -2.33. The van der Waals surface area contributed by atoms with Crippen LogP contribution in [0.25, 0.3) is 0 Å². The van der Waals surface area contributed by atoms with Gasteiger partial charge in [0.05, 0.1) is 30.8 Å². The molecule has 0 saturated heterocycles. The van der Waals surface area contributed by atoms with Gasteiger partial charge < -0.3 is 29.3 Å². The predicted molar refractivity (Wildman–Crippen MR) is 269 cm³/mol. The summed E-state index contributed by atoms with van der Waals surface area (Å²) >= 11 is 0. The Balaban J connectivity index is 0.993. The zero-order valence-electron chi connectivity index (χ0n) is 40.2. The quantitative estimate of drug-likeness (QED) is 0.0328. The summed E-state index contributed by atoms with van der Waals surface area (Å²) in [5.74, 6) is 1.50. The summed E-state index contributed by atoms with van der Waals surface area (Å²) in [6.45, 7) is 11.2. The van der Waals surface area contributed by atoms with E-state index in [1.54, 1.807) is 14.2 Å². The summed E-state index contributed by atoms with van der Waals surface area (Å²) in [5.41, 5.74) is 8.99. The number of para-hydroxylation sites is 2. The summed E-state index contributed by atoms with van der Waals surface area (Å²) in [6.07, 6.45) is 11.4. The molecule has 67 heavy (non-hydrogen) atoms. The van der Waals surface area contributed by atoms with Crippen LogP contribution in [-0.2, 0) is 26.0 Å². The maximum atomic E-state index is 14.2. The number of nitrogens with zero attached hydrogens (tertiary/aromatic N) is 2. The average molecular weight is 900 g/mol. The van der Waals surface area contributed by atoms with Gasteiger partial charge in [0.25, 0.3) is 0 Å².